The number of nitrogens with one attached hydrogen (secondary N) is 2. The summed E-state index contributed by atoms with van der Waals surface area (Å²) >= 11 is 0. The van der Waals surface area contributed by atoms with E-state index >= 15 is 0 Å². The zero-order valence-corrected chi connectivity index (χ0v) is 11.9. The van der Waals surface area contributed by atoms with Crippen LogP contribution in [0.2, 0.25) is 0 Å². The predicted molar refractivity (Wildman–Crippen MR) is 78.9 cm³/mol. The van der Waals surface area contributed by atoms with Gasteiger partial charge in [-0.25, -0.2) is 15.8 Å². The molecule has 19 heavy (non-hydrogen) atoms. The number of hydrogen-bond acceptors (Lipinski definition) is 5. The minimum absolute atomic E-state index is 0.450. The molecule has 1 aromatic heterocycles. The van der Waals surface area contributed by atoms with Crippen LogP contribution < -0.4 is 16.6 Å². The minimum atomic E-state index is 0.450. The summed E-state index contributed by atoms with van der Waals surface area (Å²) in [4.78, 5) is 8.82. The van der Waals surface area contributed by atoms with Crippen molar-refractivity contribution in [1.29, 1.82) is 0 Å². The third-order valence-corrected chi connectivity index (χ3v) is 3.97. The first-order valence-electron chi connectivity index (χ1n) is 7.34. The highest BCUT2D eigenvalue weighted by Gasteiger charge is 2.20. The van der Waals surface area contributed by atoms with Crippen LogP contribution in [0.5, 0.6) is 0 Å². The van der Waals surface area contributed by atoms with Gasteiger partial charge in [-0.05, 0) is 25.7 Å². The molecule has 1 unspecified atom stereocenters. The molecule has 0 radical (unpaired) electrons. The quantitative estimate of drug-likeness (QED) is 0.562. The Balaban J connectivity index is 2.04. The van der Waals surface area contributed by atoms with Crippen LogP contribution in [0.3, 0.4) is 0 Å². The molecule has 0 bridgehead atoms. The van der Waals surface area contributed by atoms with Gasteiger partial charge in [0.25, 0.3) is 0 Å². The van der Waals surface area contributed by atoms with Crippen LogP contribution in [0.15, 0.2) is 6.07 Å². The largest absolute Gasteiger partial charge is 0.367 e. The van der Waals surface area contributed by atoms with Gasteiger partial charge < -0.3 is 10.7 Å². The lowest BCUT2D eigenvalue weighted by molar-refractivity contribution is 0.328. The lowest BCUT2D eigenvalue weighted by atomic mass is 9.84. The highest BCUT2D eigenvalue weighted by atomic mass is 15.3. The SMILES string of the molecule is CCc1nc(NN)cc(NC(C)C2CCCCC2)n1. The number of hydrazine groups is 1. The van der Waals surface area contributed by atoms with Crippen LogP contribution in [0.25, 0.3) is 0 Å². The summed E-state index contributed by atoms with van der Waals surface area (Å²) < 4.78 is 0. The van der Waals surface area contributed by atoms with E-state index < -0.39 is 0 Å². The lowest BCUT2D eigenvalue weighted by Gasteiger charge is -2.28. The molecule has 1 aliphatic rings. The van der Waals surface area contributed by atoms with Crippen molar-refractivity contribution in [1.82, 2.24) is 9.97 Å². The number of rotatable bonds is 5. The van der Waals surface area contributed by atoms with Gasteiger partial charge in [0.1, 0.15) is 17.5 Å². The summed E-state index contributed by atoms with van der Waals surface area (Å²) in [6, 6.07) is 2.32. The topological polar surface area (TPSA) is 75.9 Å². The maximum atomic E-state index is 5.45. The van der Waals surface area contributed by atoms with Gasteiger partial charge in [0.2, 0.25) is 0 Å². The zero-order valence-electron chi connectivity index (χ0n) is 11.9. The highest BCUT2D eigenvalue weighted by Crippen LogP contribution is 2.28. The van der Waals surface area contributed by atoms with E-state index in [9.17, 15) is 0 Å². The average molecular weight is 263 g/mol. The number of aromatic nitrogens is 2. The molecule has 1 fully saturated rings. The standard InChI is InChI=1S/C14H25N5/c1-3-12-17-13(9-14(18-12)19-15)16-10(2)11-7-5-4-6-8-11/h9-11H,3-8,15H2,1-2H3,(H2,16,17,18,19). The molecular formula is C14H25N5. The molecule has 106 valence electrons. The smallest absolute Gasteiger partial charge is 0.145 e. The van der Waals surface area contributed by atoms with Gasteiger partial charge in [0, 0.05) is 18.5 Å². The van der Waals surface area contributed by atoms with Gasteiger partial charge in [0.15, 0.2) is 0 Å². The number of aryl methyl sites for hydroxylation is 1. The van der Waals surface area contributed by atoms with Crippen LogP contribution in [0.4, 0.5) is 11.6 Å². The summed E-state index contributed by atoms with van der Waals surface area (Å²) in [6.45, 7) is 4.29. The molecule has 0 amide bonds. The molecule has 1 atom stereocenters. The highest BCUT2D eigenvalue weighted by molar-refractivity contribution is 5.47. The maximum absolute atomic E-state index is 5.45. The molecular weight excluding hydrogens is 238 g/mol. The molecule has 5 heteroatoms. The second-order valence-corrected chi connectivity index (χ2v) is 5.38. The Morgan fingerprint density at radius 2 is 1.95 bits per heavy atom. The number of nitrogens with zero attached hydrogens (tertiary/aromatic N) is 2. The molecule has 5 nitrogen and oxygen atoms in total. The van der Waals surface area contributed by atoms with Crippen molar-refractivity contribution in [3.8, 4) is 0 Å². The van der Waals surface area contributed by atoms with Crippen molar-refractivity contribution in [2.45, 2.75) is 58.4 Å². The van der Waals surface area contributed by atoms with Crippen LogP contribution in [-0.2, 0) is 6.42 Å². The van der Waals surface area contributed by atoms with Gasteiger partial charge in [-0.3, -0.25) is 0 Å². The van der Waals surface area contributed by atoms with Crippen LogP contribution in [0, 0.1) is 5.92 Å². The molecule has 1 saturated carbocycles. The number of nitrogens with two attached hydrogens (primary N) is 1. The normalized spacial score (nSPS) is 18.1. The van der Waals surface area contributed by atoms with Crippen molar-refractivity contribution in [2.24, 2.45) is 11.8 Å². The fourth-order valence-corrected chi connectivity index (χ4v) is 2.79. The van der Waals surface area contributed by atoms with Crippen molar-refractivity contribution in [3.05, 3.63) is 11.9 Å². The van der Waals surface area contributed by atoms with Gasteiger partial charge in [-0.2, -0.15) is 0 Å². The Bertz CT molecular complexity index is 379. The Morgan fingerprint density at radius 1 is 1.26 bits per heavy atom. The van der Waals surface area contributed by atoms with Crippen molar-refractivity contribution in [2.75, 3.05) is 10.7 Å². The minimum Gasteiger partial charge on any atom is -0.367 e. The Hall–Kier alpha value is -1.36. The molecule has 1 aromatic rings. The summed E-state index contributed by atoms with van der Waals surface area (Å²) in [7, 11) is 0. The van der Waals surface area contributed by atoms with E-state index in [0.29, 0.717) is 11.9 Å². The first kappa shape index (κ1) is 14.1. The summed E-state index contributed by atoms with van der Waals surface area (Å²) in [5.74, 6) is 8.56. The lowest BCUT2D eigenvalue weighted by Crippen LogP contribution is -2.28. The van der Waals surface area contributed by atoms with Gasteiger partial charge in [-0.1, -0.05) is 26.2 Å². The van der Waals surface area contributed by atoms with Crippen LogP contribution in [-0.4, -0.2) is 16.0 Å². The second kappa shape index (κ2) is 6.70. The molecule has 0 aromatic carbocycles. The van der Waals surface area contributed by atoms with E-state index in [-0.39, 0.29) is 0 Å². The van der Waals surface area contributed by atoms with Crippen LogP contribution in [0.1, 0.15) is 51.8 Å². The third-order valence-electron chi connectivity index (χ3n) is 3.97. The molecule has 2 rings (SSSR count). The number of anilines is 2. The monoisotopic (exact) mass is 263 g/mol. The average Bonchev–Trinajstić information content (AvgIpc) is 2.47. The number of nitrogen functional groups attached to an aromatic ring is 1. The van der Waals surface area contributed by atoms with E-state index in [2.05, 4.69) is 27.6 Å². The van der Waals surface area contributed by atoms with Gasteiger partial charge >= 0.3 is 0 Å². The van der Waals surface area contributed by atoms with E-state index in [1.165, 1.54) is 32.1 Å². The Kier molecular flexibility index (Phi) is 4.96. The fraction of sp³-hybridized carbons (Fsp3) is 0.714. The molecule has 0 spiro atoms. The summed E-state index contributed by atoms with van der Waals surface area (Å²) in [5, 5.41) is 3.51. The van der Waals surface area contributed by atoms with Gasteiger partial charge in [0.05, 0.1) is 0 Å². The van der Waals surface area contributed by atoms with E-state index in [1.54, 1.807) is 0 Å². The predicted octanol–water partition coefficient (Wildman–Crippen LogP) is 2.71. The molecule has 1 aliphatic carbocycles. The number of hydrogen-bond donors (Lipinski definition) is 3. The molecule has 4 N–H and O–H groups in total. The fourth-order valence-electron chi connectivity index (χ4n) is 2.79. The molecule has 0 aliphatic heterocycles. The summed E-state index contributed by atoms with van der Waals surface area (Å²) in [5.41, 5.74) is 2.60. The maximum Gasteiger partial charge on any atom is 0.145 e. The van der Waals surface area contributed by atoms with Gasteiger partial charge in [-0.15, -0.1) is 0 Å². The second-order valence-electron chi connectivity index (χ2n) is 5.38. The molecule has 0 saturated heterocycles. The Morgan fingerprint density at radius 3 is 2.58 bits per heavy atom. The van der Waals surface area contributed by atoms with E-state index in [0.717, 1.165) is 24.0 Å². The van der Waals surface area contributed by atoms with E-state index in [1.807, 2.05) is 13.0 Å². The first-order chi connectivity index (χ1) is 9.22. The van der Waals surface area contributed by atoms with Crippen molar-refractivity contribution in [3.63, 3.8) is 0 Å². The van der Waals surface area contributed by atoms with E-state index in [4.69, 9.17) is 5.84 Å². The zero-order chi connectivity index (χ0) is 13.7. The third kappa shape index (κ3) is 3.80. The Labute approximate surface area is 115 Å². The first-order valence-corrected chi connectivity index (χ1v) is 7.34. The van der Waals surface area contributed by atoms with Crippen LogP contribution >= 0.6 is 0 Å². The van der Waals surface area contributed by atoms with Crippen molar-refractivity contribution >= 4 is 11.6 Å². The molecule has 1 heterocycles. The summed E-state index contributed by atoms with van der Waals surface area (Å²) in [6.07, 6.45) is 7.55. The van der Waals surface area contributed by atoms with Crippen molar-refractivity contribution < 1.29 is 0 Å².